The van der Waals surface area contributed by atoms with Crippen molar-refractivity contribution in [3.63, 3.8) is 0 Å². The van der Waals surface area contributed by atoms with Gasteiger partial charge in [-0.1, -0.05) is 24.3 Å². The summed E-state index contributed by atoms with van der Waals surface area (Å²) >= 11 is 0. The molecule has 35 heavy (non-hydrogen) atoms. The zero-order chi connectivity index (χ0) is 25.3. The third-order valence-corrected chi connectivity index (χ3v) is 5.79. The first-order chi connectivity index (χ1) is 16.7. The monoisotopic (exact) mass is 484 g/mol. The summed E-state index contributed by atoms with van der Waals surface area (Å²) in [5, 5.41) is 9.29. The van der Waals surface area contributed by atoms with Crippen molar-refractivity contribution >= 4 is 17.8 Å². The van der Waals surface area contributed by atoms with Gasteiger partial charge in [-0.15, -0.1) is 0 Å². The Balaban J connectivity index is 1.32. The lowest BCUT2D eigenvalue weighted by Gasteiger charge is -2.33. The van der Waals surface area contributed by atoms with Gasteiger partial charge in [0.25, 0.3) is 0 Å². The third-order valence-electron chi connectivity index (χ3n) is 5.79. The Labute approximate surface area is 207 Å². The molecule has 1 saturated heterocycles. The molecule has 1 aliphatic rings. The Morgan fingerprint density at radius 3 is 2.03 bits per heavy atom. The predicted octanol–water partition coefficient (Wildman–Crippen LogP) is 4.72. The van der Waals surface area contributed by atoms with Crippen LogP contribution < -0.4 is 16.0 Å². The van der Waals surface area contributed by atoms with Gasteiger partial charge in [-0.3, -0.25) is 0 Å². The van der Waals surface area contributed by atoms with E-state index in [4.69, 9.17) is 4.74 Å². The van der Waals surface area contributed by atoms with E-state index < -0.39 is 11.7 Å². The lowest BCUT2D eigenvalue weighted by molar-refractivity contribution is 0.0528. The van der Waals surface area contributed by atoms with Crippen molar-refractivity contribution in [3.05, 3.63) is 65.5 Å². The Kier molecular flexibility index (Phi) is 9.34. The molecule has 3 rings (SSSR count). The zero-order valence-corrected chi connectivity index (χ0v) is 20.9. The van der Waals surface area contributed by atoms with E-state index in [0.717, 1.165) is 36.1 Å². The van der Waals surface area contributed by atoms with E-state index in [9.17, 15) is 14.0 Å². The zero-order valence-electron chi connectivity index (χ0n) is 20.9. The van der Waals surface area contributed by atoms with E-state index in [-0.39, 0.29) is 11.8 Å². The minimum absolute atomic E-state index is 0.0464. The number of nitrogens with one attached hydrogen (secondary N) is 3. The fourth-order valence-corrected chi connectivity index (χ4v) is 3.93. The lowest BCUT2D eigenvalue weighted by Crippen LogP contribution is -2.47. The maximum atomic E-state index is 13.0. The summed E-state index contributed by atoms with van der Waals surface area (Å²) in [7, 11) is 0. The average Bonchev–Trinajstić information content (AvgIpc) is 2.81. The maximum Gasteiger partial charge on any atom is 0.407 e. The predicted molar refractivity (Wildman–Crippen MR) is 136 cm³/mol. The largest absolute Gasteiger partial charge is 0.444 e. The van der Waals surface area contributed by atoms with Crippen molar-refractivity contribution in [2.45, 2.75) is 58.1 Å². The van der Waals surface area contributed by atoms with Gasteiger partial charge in [0.2, 0.25) is 0 Å². The first kappa shape index (κ1) is 26.3. The molecule has 2 aromatic rings. The number of carbonyl (C=O) groups excluding carboxylic acids is 2. The molecular formula is C27H37FN4O3. The molecule has 0 bridgehead atoms. The van der Waals surface area contributed by atoms with Crippen LogP contribution in [0.3, 0.4) is 0 Å². The highest BCUT2D eigenvalue weighted by Crippen LogP contribution is 2.18. The number of ether oxygens (including phenoxy) is 1. The van der Waals surface area contributed by atoms with Crippen LogP contribution in [-0.4, -0.2) is 54.8 Å². The first-order valence-corrected chi connectivity index (χ1v) is 12.3. The Bertz CT molecular complexity index is 950. The molecule has 1 fully saturated rings. The number of hydrogen-bond donors (Lipinski definition) is 3. The third kappa shape index (κ3) is 9.47. The molecule has 3 amide bonds. The normalized spacial score (nSPS) is 14.3. The fraction of sp³-hybridized carbons (Fsp3) is 0.481. The number of piperidine rings is 1. The van der Waals surface area contributed by atoms with Crippen molar-refractivity contribution in [1.29, 1.82) is 0 Å². The summed E-state index contributed by atoms with van der Waals surface area (Å²) in [6.07, 6.45) is 2.77. The summed E-state index contributed by atoms with van der Waals surface area (Å²) in [5.74, 6) is -0.252. The van der Waals surface area contributed by atoms with Gasteiger partial charge in [0, 0.05) is 37.9 Å². The number of nitrogens with zero attached hydrogens (tertiary/aromatic N) is 1. The molecule has 1 aliphatic heterocycles. The minimum atomic E-state index is -0.497. The van der Waals surface area contributed by atoms with Gasteiger partial charge in [0.15, 0.2) is 0 Å². The van der Waals surface area contributed by atoms with Crippen molar-refractivity contribution < 1.29 is 18.7 Å². The molecule has 190 valence electrons. The highest BCUT2D eigenvalue weighted by atomic mass is 19.1. The molecule has 2 aromatic carbocycles. The molecule has 0 atom stereocenters. The number of benzene rings is 2. The van der Waals surface area contributed by atoms with Crippen LogP contribution in [0, 0.1) is 5.82 Å². The van der Waals surface area contributed by atoms with Gasteiger partial charge < -0.3 is 25.6 Å². The summed E-state index contributed by atoms with van der Waals surface area (Å²) in [5.41, 5.74) is 2.69. The fourth-order valence-electron chi connectivity index (χ4n) is 3.93. The van der Waals surface area contributed by atoms with Crippen LogP contribution in [0.2, 0.25) is 0 Å². The van der Waals surface area contributed by atoms with Crippen molar-refractivity contribution in [3.8, 4) is 0 Å². The van der Waals surface area contributed by atoms with Crippen LogP contribution in [0.5, 0.6) is 0 Å². The number of likely N-dealkylation sites (tertiary alicyclic amines) is 1. The van der Waals surface area contributed by atoms with Gasteiger partial charge in [0.1, 0.15) is 11.4 Å². The van der Waals surface area contributed by atoms with Crippen LogP contribution >= 0.6 is 0 Å². The quantitative estimate of drug-likeness (QED) is 0.506. The molecule has 8 heteroatoms. The number of alkyl carbamates (subject to hydrolysis) is 1. The maximum absolute atomic E-state index is 13.0. The molecule has 0 saturated carbocycles. The topological polar surface area (TPSA) is 82.7 Å². The number of rotatable bonds is 8. The highest BCUT2D eigenvalue weighted by molar-refractivity contribution is 5.74. The van der Waals surface area contributed by atoms with Crippen molar-refractivity contribution in [2.75, 3.05) is 31.5 Å². The lowest BCUT2D eigenvalue weighted by atomic mass is 10.0. The van der Waals surface area contributed by atoms with E-state index in [2.05, 4.69) is 40.2 Å². The molecule has 0 aliphatic carbocycles. The molecular weight excluding hydrogens is 447 g/mol. The number of carbonyl (C=O) groups is 2. The number of amides is 3. The van der Waals surface area contributed by atoms with Gasteiger partial charge in [-0.2, -0.15) is 0 Å². The molecule has 3 N–H and O–H groups in total. The van der Waals surface area contributed by atoms with E-state index in [1.807, 2.05) is 25.7 Å². The van der Waals surface area contributed by atoms with E-state index in [1.165, 1.54) is 12.1 Å². The summed E-state index contributed by atoms with van der Waals surface area (Å²) in [6, 6.07) is 14.9. The molecule has 0 spiro atoms. The van der Waals surface area contributed by atoms with Crippen molar-refractivity contribution in [1.82, 2.24) is 15.5 Å². The molecule has 0 radical (unpaired) electrons. The van der Waals surface area contributed by atoms with Crippen molar-refractivity contribution in [2.24, 2.45) is 0 Å². The van der Waals surface area contributed by atoms with Crippen LogP contribution in [0.4, 0.5) is 19.7 Å². The van der Waals surface area contributed by atoms with Crippen LogP contribution in [0.25, 0.3) is 0 Å². The van der Waals surface area contributed by atoms with Gasteiger partial charge in [-0.25, -0.2) is 14.0 Å². The Morgan fingerprint density at radius 2 is 1.46 bits per heavy atom. The number of hydrogen-bond acceptors (Lipinski definition) is 4. The Morgan fingerprint density at radius 1 is 0.914 bits per heavy atom. The molecule has 0 unspecified atom stereocenters. The minimum Gasteiger partial charge on any atom is -0.444 e. The van der Waals surface area contributed by atoms with Gasteiger partial charge in [0.05, 0.1) is 0 Å². The molecule has 0 aromatic heterocycles. The first-order valence-electron chi connectivity index (χ1n) is 12.3. The second kappa shape index (κ2) is 12.4. The number of urea groups is 1. The number of anilines is 1. The second-order valence-corrected chi connectivity index (χ2v) is 9.89. The Hall–Kier alpha value is -3.29. The van der Waals surface area contributed by atoms with Gasteiger partial charge in [-0.05, 0) is 81.8 Å². The highest BCUT2D eigenvalue weighted by Gasteiger charge is 2.22. The van der Waals surface area contributed by atoms with Crippen LogP contribution in [0.15, 0.2) is 48.5 Å². The van der Waals surface area contributed by atoms with E-state index in [1.54, 1.807) is 12.1 Å². The average molecular weight is 485 g/mol. The van der Waals surface area contributed by atoms with E-state index in [0.29, 0.717) is 38.6 Å². The van der Waals surface area contributed by atoms with Gasteiger partial charge >= 0.3 is 12.1 Å². The summed E-state index contributed by atoms with van der Waals surface area (Å²) in [6.45, 7) is 7.98. The molecule has 7 nitrogen and oxygen atoms in total. The summed E-state index contributed by atoms with van der Waals surface area (Å²) < 4.78 is 18.2. The smallest absolute Gasteiger partial charge is 0.407 e. The van der Waals surface area contributed by atoms with Crippen LogP contribution in [0.1, 0.15) is 44.7 Å². The second-order valence-electron chi connectivity index (χ2n) is 9.89. The number of halogens is 1. The van der Waals surface area contributed by atoms with Crippen LogP contribution in [-0.2, 0) is 17.6 Å². The van der Waals surface area contributed by atoms with E-state index >= 15 is 0 Å². The standard InChI is InChI=1S/C27H37FN4O3/c1-27(2,3)35-26(34)30-17-13-21-6-10-23(11-7-21)31-24-14-18-32(19-15-24)25(33)29-16-12-20-4-8-22(28)9-5-20/h4-11,24,31H,12-19H2,1-3H3,(H,29,33)(H,30,34). The SMILES string of the molecule is CC(C)(C)OC(=O)NCCc1ccc(NC2CCN(C(=O)NCCc3ccc(F)cc3)CC2)cc1. The molecule has 1 heterocycles. The summed E-state index contributed by atoms with van der Waals surface area (Å²) in [4.78, 5) is 26.0.